The van der Waals surface area contributed by atoms with Crippen molar-refractivity contribution in [3.8, 4) is 6.19 Å². The molecule has 0 saturated heterocycles. The first kappa shape index (κ1) is 49.4. The second-order valence-electron chi connectivity index (χ2n) is 9.18. The Morgan fingerprint density at radius 1 is 0.868 bits per heavy atom. The quantitative estimate of drug-likeness (QED) is 0.00777. The van der Waals surface area contributed by atoms with Crippen molar-refractivity contribution >= 4 is 98.5 Å². The third-order valence-electron chi connectivity index (χ3n) is 5.83. The number of azo groups is 1. The van der Waals surface area contributed by atoms with Gasteiger partial charge in [-0.2, -0.15) is 25.3 Å². The number of hydrogen-bond donors (Lipinski definition) is 4. The van der Waals surface area contributed by atoms with Gasteiger partial charge in [-0.3, -0.25) is 18.7 Å². The van der Waals surface area contributed by atoms with E-state index in [-0.39, 0.29) is 159 Å². The van der Waals surface area contributed by atoms with Crippen LogP contribution in [0.15, 0.2) is 85.6 Å². The number of benzene rings is 3. The molecule has 0 bridgehead atoms. The number of nitriles is 1. The predicted octanol–water partition coefficient (Wildman–Crippen LogP) is -7.02. The number of hydrogen-bond acceptors (Lipinski definition) is 23. The van der Waals surface area contributed by atoms with E-state index >= 15 is 0 Å². The second-order valence-corrected chi connectivity index (χ2v) is 16.1. The third-order valence-corrected chi connectivity index (χ3v) is 10.7. The van der Waals surface area contributed by atoms with Crippen molar-refractivity contribution in [3.63, 3.8) is 0 Å². The molecule has 0 aliphatic heterocycles. The van der Waals surface area contributed by atoms with Crippen LogP contribution < -0.4 is 116 Å². The second kappa shape index (κ2) is 22.2. The van der Waals surface area contributed by atoms with E-state index < -0.39 is 44.2 Å². The van der Waals surface area contributed by atoms with E-state index in [1.54, 1.807) is 6.19 Å². The number of nitrogens with two attached hydrogens (primary N) is 1. The molecule has 3 aromatic carbocycles. The summed E-state index contributed by atoms with van der Waals surface area (Å²) in [6.07, 6.45) is 1.62. The van der Waals surface area contributed by atoms with E-state index in [1.807, 2.05) is 0 Å². The molecule has 4 aromatic rings. The monoisotopic (exact) mass is 852 g/mol. The Kier molecular flexibility index (Phi) is 20.7. The maximum Gasteiger partial charge on any atom is 1.00 e. The van der Waals surface area contributed by atoms with Gasteiger partial charge in [-0.05, 0) is 65.8 Å². The Balaban J connectivity index is 0.00000468. The van der Waals surface area contributed by atoms with Crippen molar-refractivity contribution < 1.29 is 138 Å². The SMILES string of the molecule is N#CNc1nc(Nc2cccc(S(=O)(=O)[O-])c2)nc(Nc2cc(N)c(S(=O)(=O)[O-])cc2N=Nc2ccc(S(=O)(=S)CCOSOO[O-])cc2)n1.[Na+].[Na+].[Na+]. The zero-order chi connectivity index (χ0) is 36.5. The topological polar surface area (TPSA) is 332 Å². The van der Waals surface area contributed by atoms with Gasteiger partial charge in [-0.25, -0.2) is 16.8 Å². The minimum Gasteiger partial charge on any atom is -0.744 e. The summed E-state index contributed by atoms with van der Waals surface area (Å²) < 4.78 is 91.7. The van der Waals surface area contributed by atoms with E-state index in [9.17, 15) is 35.4 Å². The van der Waals surface area contributed by atoms with Crippen molar-refractivity contribution in [2.24, 2.45) is 10.2 Å². The van der Waals surface area contributed by atoms with Crippen molar-refractivity contribution in [3.05, 3.63) is 60.7 Å². The molecule has 29 heteroatoms. The van der Waals surface area contributed by atoms with E-state index in [0.717, 1.165) is 24.3 Å². The standard InChI is InChI=1S/C24H22N10O11S5.3Na/c25-13-27-22-30-23(28-15-2-1-3-17(10-15)49(37,38)39)32-24(31-22)29-19-11-18(26)21(50(40,41)42)12-20(19)34-33-14-4-6-16(7-5-14)48(36,46)9-8-43-47-45-44-35;;;/h1-7,10-12,35H,8-9,26H2,(H,37,38,39)(H,40,41,42)(H3,27,28,29,30,31,32);;;/q;3*+1/p-3. The molecule has 0 spiro atoms. The van der Waals surface area contributed by atoms with Gasteiger partial charge in [0.05, 0.1) is 47.7 Å². The van der Waals surface area contributed by atoms with Crippen LogP contribution in [0.5, 0.6) is 0 Å². The molecule has 21 nitrogen and oxygen atoms in total. The fourth-order valence-corrected chi connectivity index (χ4v) is 6.78. The van der Waals surface area contributed by atoms with Gasteiger partial charge >= 0.3 is 88.7 Å². The normalized spacial score (nSPS) is 12.3. The Morgan fingerprint density at radius 2 is 1.51 bits per heavy atom. The first-order valence-corrected chi connectivity index (χ1v) is 19.1. The summed E-state index contributed by atoms with van der Waals surface area (Å²) in [4.78, 5) is 11.0. The van der Waals surface area contributed by atoms with Gasteiger partial charge in [0.25, 0.3) is 0 Å². The van der Waals surface area contributed by atoms with Gasteiger partial charge in [0.2, 0.25) is 17.8 Å². The van der Waals surface area contributed by atoms with Crippen LogP contribution in [0.2, 0.25) is 0 Å². The predicted molar refractivity (Wildman–Crippen MR) is 174 cm³/mol. The minimum atomic E-state index is -5.09. The fraction of sp³-hybridized carbons (Fsp3) is 0.0833. The summed E-state index contributed by atoms with van der Waals surface area (Å²) in [7, 11) is -12.9. The van der Waals surface area contributed by atoms with Crippen LogP contribution >= 0.6 is 12.3 Å². The first-order chi connectivity index (χ1) is 23.6. The molecular formula is C24H19N10Na3O11S5. The molecule has 264 valence electrons. The van der Waals surface area contributed by atoms with E-state index in [1.165, 1.54) is 36.4 Å². The van der Waals surface area contributed by atoms with Gasteiger partial charge < -0.3 is 30.7 Å². The van der Waals surface area contributed by atoms with Gasteiger partial charge in [0.15, 0.2) is 18.5 Å². The molecular weight excluding hydrogens is 834 g/mol. The van der Waals surface area contributed by atoms with Crippen LogP contribution in [0.25, 0.3) is 0 Å². The smallest absolute Gasteiger partial charge is 0.744 e. The van der Waals surface area contributed by atoms with Crippen LogP contribution in [0.4, 0.5) is 46.3 Å². The molecule has 53 heavy (non-hydrogen) atoms. The molecule has 1 aromatic heterocycles. The van der Waals surface area contributed by atoms with E-state index in [2.05, 4.69) is 50.5 Å². The van der Waals surface area contributed by atoms with Crippen LogP contribution in [-0.4, -0.2) is 57.5 Å². The van der Waals surface area contributed by atoms with Gasteiger partial charge in [0, 0.05) is 10.6 Å². The Bertz CT molecular complexity index is 2290. The van der Waals surface area contributed by atoms with Crippen molar-refractivity contribution in [2.45, 2.75) is 14.7 Å². The number of nitrogens with one attached hydrogen (secondary N) is 3. The average Bonchev–Trinajstić information content (AvgIpc) is 3.04. The van der Waals surface area contributed by atoms with Crippen LogP contribution in [0.1, 0.15) is 0 Å². The Morgan fingerprint density at radius 3 is 2.11 bits per heavy atom. The number of nitrogens with zero attached hydrogens (tertiary/aromatic N) is 6. The molecule has 1 heterocycles. The molecule has 0 radical (unpaired) electrons. The molecule has 1 atom stereocenters. The molecule has 0 saturated carbocycles. The molecule has 0 fully saturated rings. The third kappa shape index (κ3) is 15.1. The van der Waals surface area contributed by atoms with Crippen molar-refractivity contribution in [1.82, 2.24) is 15.0 Å². The van der Waals surface area contributed by atoms with Gasteiger partial charge in [-0.15, -0.1) is 9.45 Å². The van der Waals surface area contributed by atoms with Crippen molar-refractivity contribution in [2.75, 3.05) is 34.0 Å². The number of nitrogen functional groups attached to an aromatic ring is 1. The molecule has 4 rings (SSSR count). The van der Waals surface area contributed by atoms with Crippen LogP contribution in [-0.2, 0) is 53.5 Å². The summed E-state index contributed by atoms with van der Waals surface area (Å²) in [5.41, 5.74) is 5.31. The Labute approximate surface area is 377 Å². The average molecular weight is 853 g/mol. The molecule has 0 amide bonds. The molecule has 0 aliphatic rings. The summed E-state index contributed by atoms with van der Waals surface area (Å²) in [6.45, 7) is -0.137. The maximum absolute atomic E-state index is 12.9. The summed E-state index contributed by atoms with van der Waals surface area (Å²) in [5.74, 6) is -0.951. The summed E-state index contributed by atoms with van der Waals surface area (Å²) in [5, 5.41) is 37.7. The van der Waals surface area contributed by atoms with E-state index in [4.69, 9.17) is 26.4 Å². The van der Waals surface area contributed by atoms with E-state index in [0.29, 0.717) is 0 Å². The zero-order valence-corrected chi connectivity index (χ0v) is 37.6. The summed E-state index contributed by atoms with van der Waals surface area (Å²) >= 11 is 5.41. The largest absolute Gasteiger partial charge is 1.00 e. The zero-order valence-electron chi connectivity index (χ0n) is 27.5. The number of rotatable bonds is 16. The van der Waals surface area contributed by atoms with Crippen LogP contribution in [0, 0.1) is 11.5 Å². The molecule has 5 N–H and O–H groups in total. The first-order valence-electron chi connectivity index (χ1n) is 13.0. The maximum atomic E-state index is 12.9. The van der Waals surface area contributed by atoms with Crippen LogP contribution in [0.3, 0.4) is 0 Å². The minimum absolute atomic E-state index is 0. The van der Waals surface area contributed by atoms with Crippen molar-refractivity contribution in [1.29, 1.82) is 5.26 Å². The summed E-state index contributed by atoms with van der Waals surface area (Å²) in [6, 6.07) is 12.3. The van der Waals surface area contributed by atoms with Gasteiger partial charge in [0.1, 0.15) is 25.9 Å². The number of anilines is 6. The van der Waals surface area contributed by atoms with Gasteiger partial charge in [-0.1, -0.05) is 6.07 Å². The fourth-order valence-electron chi connectivity index (χ4n) is 3.72. The molecule has 1 unspecified atom stereocenters. The number of aromatic nitrogens is 3. The Hall–Kier alpha value is -1.66. The molecule has 0 aliphatic carbocycles.